The summed E-state index contributed by atoms with van der Waals surface area (Å²) in [6.07, 6.45) is -2.03. The van der Waals surface area contributed by atoms with Crippen LogP contribution < -0.4 is 0 Å². The molecule has 204 valence electrons. The van der Waals surface area contributed by atoms with Crippen LogP contribution in [0.4, 0.5) is 0 Å². The van der Waals surface area contributed by atoms with Crippen molar-refractivity contribution in [2.75, 3.05) is 0 Å². The molecule has 0 saturated carbocycles. The molecular weight excluding hydrogens is 508 g/mol. The maximum Gasteiger partial charge on any atom is 0.338 e. The Kier molecular flexibility index (Phi) is 5.21. The van der Waals surface area contributed by atoms with Crippen LogP contribution in [-0.4, -0.2) is 90.5 Å². The van der Waals surface area contributed by atoms with Gasteiger partial charge in [-0.1, -0.05) is 10.4 Å². The van der Waals surface area contributed by atoms with Crippen molar-refractivity contribution in [3.8, 4) is 0 Å². The second-order valence-electron chi connectivity index (χ2n) is 10.6. The molecule has 2 aromatic rings. The summed E-state index contributed by atoms with van der Waals surface area (Å²) in [6.45, 7) is 6.59. The molecule has 2 aromatic heterocycles. The van der Waals surface area contributed by atoms with Crippen molar-refractivity contribution in [2.45, 2.75) is 102 Å². The molecule has 0 amide bonds. The van der Waals surface area contributed by atoms with Crippen LogP contribution in [0.2, 0.25) is 0 Å². The SMILES string of the molecule is CC1(C)O[C@H]2O[C@@H]3C(=O)OCc4cn(nn4)[C@@H]4[C@H]5OC(C)(C)O[C@H]5O[C@@H]4C(=O)OCc4cn(nn4)[C@@H]3[C@H]2O1. The van der Waals surface area contributed by atoms with Crippen LogP contribution in [0.25, 0.3) is 0 Å². The maximum atomic E-state index is 13.2. The largest absolute Gasteiger partial charge is 0.457 e. The van der Waals surface area contributed by atoms with E-state index in [9.17, 15) is 9.59 Å². The quantitative estimate of drug-likeness (QED) is 0.397. The van der Waals surface area contributed by atoms with Gasteiger partial charge in [0.1, 0.15) is 48.9 Å². The number of nitrogens with zero attached hydrogens (tertiary/aromatic N) is 6. The molecule has 8 atom stereocenters. The van der Waals surface area contributed by atoms with E-state index in [0.717, 1.165) is 0 Å². The Bertz CT molecular complexity index is 1180. The van der Waals surface area contributed by atoms with Gasteiger partial charge in [0.15, 0.2) is 36.4 Å². The van der Waals surface area contributed by atoms with Crippen LogP contribution in [0.15, 0.2) is 12.4 Å². The highest BCUT2D eigenvalue weighted by Crippen LogP contribution is 2.45. The number of cyclic esters (lactones) is 2. The second kappa shape index (κ2) is 8.24. The van der Waals surface area contributed by atoms with Gasteiger partial charge in [0.05, 0.1) is 12.4 Å². The fraction of sp³-hybridized carbons (Fsp3) is 0.727. The Hall–Kier alpha value is -3.02. The number of hydrogen-bond donors (Lipinski definition) is 0. The summed E-state index contributed by atoms with van der Waals surface area (Å²) in [5.74, 6) is -3.15. The van der Waals surface area contributed by atoms with E-state index in [0.29, 0.717) is 11.4 Å². The Balaban J connectivity index is 1.21. The number of rotatable bonds is 0. The highest BCUT2D eigenvalue weighted by Gasteiger charge is 2.60. The predicted octanol–water partition coefficient (Wildman–Crippen LogP) is -0.495. The number of carbonyl (C=O) groups excluding carboxylic acids is 2. The van der Waals surface area contributed by atoms with Crippen LogP contribution in [0.5, 0.6) is 0 Å². The van der Waals surface area contributed by atoms with Crippen molar-refractivity contribution in [3.63, 3.8) is 0 Å². The minimum Gasteiger partial charge on any atom is -0.457 e. The predicted molar refractivity (Wildman–Crippen MR) is 115 cm³/mol. The molecule has 0 spiro atoms. The van der Waals surface area contributed by atoms with Gasteiger partial charge in [-0.25, -0.2) is 19.0 Å². The summed E-state index contributed by atoms with van der Waals surface area (Å²) in [5, 5.41) is 16.5. The van der Waals surface area contributed by atoms with Crippen molar-refractivity contribution < 1.29 is 47.5 Å². The zero-order valence-corrected chi connectivity index (χ0v) is 21.0. The van der Waals surface area contributed by atoms with E-state index < -0.39 is 72.6 Å². The van der Waals surface area contributed by atoms with Crippen molar-refractivity contribution in [3.05, 3.63) is 23.8 Å². The van der Waals surface area contributed by atoms with Gasteiger partial charge in [-0.15, -0.1) is 10.2 Å². The lowest BCUT2D eigenvalue weighted by atomic mass is 10.1. The molecule has 5 aliphatic heterocycles. The summed E-state index contributed by atoms with van der Waals surface area (Å²) in [6, 6.07) is -1.48. The van der Waals surface area contributed by atoms with Gasteiger partial charge in [-0.2, -0.15) is 0 Å². The first kappa shape index (κ1) is 24.1. The van der Waals surface area contributed by atoms with Gasteiger partial charge in [0.2, 0.25) is 0 Å². The molecule has 0 aromatic carbocycles. The zero-order valence-electron chi connectivity index (χ0n) is 21.0. The number of fused-ring (bicyclic) bond motifs is 12. The highest BCUT2D eigenvalue weighted by atomic mass is 16.8. The van der Waals surface area contributed by atoms with E-state index in [2.05, 4.69) is 20.6 Å². The van der Waals surface area contributed by atoms with E-state index in [-0.39, 0.29) is 13.2 Å². The topological polar surface area (TPSA) is 169 Å². The van der Waals surface area contributed by atoms with Crippen LogP contribution in [-0.2, 0) is 60.7 Å². The van der Waals surface area contributed by atoms with E-state index in [1.807, 2.05) is 0 Å². The monoisotopic (exact) mass is 534 g/mol. The fourth-order valence-electron chi connectivity index (χ4n) is 5.46. The highest BCUT2D eigenvalue weighted by molar-refractivity contribution is 5.76. The molecule has 0 unspecified atom stereocenters. The van der Waals surface area contributed by atoms with Gasteiger partial charge in [0.25, 0.3) is 0 Å². The van der Waals surface area contributed by atoms with Crippen LogP contribution in [0.1, 0.15) is 51.2 Å². The van der Waals surface area contributed by atoms with E-state index in [1.54, 1.807) is 40.1 Å². The lowest BCUT2D eigenvalue weighted by molar-refractivity contribution is -0.216. The average Bonchev–Trinajstić information content (AvgIpc) is 3.65. The number of aromatic nitrogens is 6. The third-order valence-electron chi connectivity index (χ3n) is 6.95. The molecule has 7 heterocycles. The lowest BCUT2D eigenvalue weighted by Gasteiger charge is -2.25. The number of ether oxygens (including phenoxy) is 8. The van der Waals surface area contributed by atoms with Gasteiger partial charge in [0, 0.05) is 0 Å². The Labute approximate surface area is 215 Å². The summed E-state index contributed by atoms with van der Waals surface area (Å²) < 4.78 is 49.4. The molecule has 0 radical (unpaired) electrons. The van der Waals surface area contributed by atoms with Crippen LogP contribution >= 0.6 is 0 Å². The van der Waals surface area contributed by atoms with Gasteiger partial charge < -0.3 is 37.9 Å². The minimum atomic E-state index is -1.10. The van der Waals surface area contributed by atoms with Crippen molar-refractivity contribution in [2.24, 2.45) is 0 Å². The summed E-state index contributed by atoms with van der Waals surface area (Å²) in [5.41, 5.74) is 0.677. The summed E-state index contributed by atoms with van der Waals surface area (Å²) in [7, 11) is 0. The van der Waals surface area contributed by atoms with E-state index in [1.165, 1.54) is 9.36 Å². The zero-order chi connectivity index (χ0) is 26.4. The molecule has 4 saturated heterocycles. The molecule has 4 bridgehead atoms. The molecule has 0 N–H and O–H groups in total. The molecular formula is C22H26N6O10. The van der Waals surface area contributed by atoms with Crippen molar-refractivity contribution in [1.29, 1.82) is 0 Å². The van der Waals surface area contributed by atoms with Gasteiger partial charge in [-0.05, 0) is 27.7 Å². The van der Waals surface area contributed by atoms with Crippen LogP contribution in [0, 0.1) is 0 Å². The summed E-state index contributed by atoms with van der Waals surface area (Å²) >= 11 is 0. The fourth-order valence-corrected chi connectivity index (χ4v) is 5.46. The van der Waals surface area contributed by atoms with Crippen LogP contribution in [0.3, 0.4) is 0 Å². The number of carbonyl (C=O) groups is 2. The van der Waals surface area contributed by atoms with Gasteiger partial charge >= 0.3 is 11.9 Å². The molecule has 38 heavy (non-hydrogen) atoms. The number of esters is 2. The Morgan fingerprint density at radius 2 is 1.13 bits per heavy atom. The molecule has 4 fully saturated rings. The minimum absolute atomic E-state index is 0.198. The van der Waals surface area contributed by atoms with E-state index in [4.69, 9.17) is 37.9 Å². The normalized spacial score (nSPS) is 39.2. The standard InChI is InChI=1S/C22H26N6O10/c1-21(2)35-15-11-13(33-19(15)37-21)17(29)31-8-10-6-28(26-24-10)12-14(34-20-16(12)36-22(3,4)38-20)18(30)32-7-9-5-27(11)25-23-9/h5-6,11-16,19-20H,7-8H2,1-4H3/t11-,12-,13-,14-,15+,16+,19+,20+/m0/s1. The lowest BCUT2D eigenvalue weighted by Crippen LogP contribution is -2.38. The Morgan fingerprint density at radius 3 is 1.55 bits per heavy atom. The molecule has 16 heteroatoms. The molecule has 5 aliphatic rings. The smallest absolute Gasteiger partial charge is 0.338 e. The first-order chi connectivity index (χ1) is 18.1. The molecule has 16 nitrogen and oxygen atoms in total. The third kappa shape index (κ3) is 3.90. The first-order valence-corrected chi connectivity index (χ1v) is 12.2. The second-order valence-corrected chi connectivity index (χ2v) is 10.6. The third-order valence-corrected chi connectivity index (χ3v) is 6.95. The van der Waals surface area contributed by atoms with Crippen molar-refractivity contribution in [1.82, 2.24) is 30.0 Å². The van der Waals surface area contributed by atoms with E-state index >= 15 is 0 Å². The van der Waals surface area contributed by atoms with Gasteiger partial charge in [-0.3, -0.25) is 0 Å². The van der Waals surface area contributed by atoms with Crippen molar-refractivity contribution >= 4 is 11.9 Å². The molecule has 0 aliphatic carbocycles. The first-order valence-electron chi connectivity index (χ1n) is 12.2. The summed E-state index contributed by atoms with van der Waals surface area (Å²) in [4.78, 5) is 26.3. The Morgan fingerprint density at radius 1 is 0.711 bits per heavy atom. The maximum absolute atomic E-state index is 13.2. The number of hydrogen-bond acceptors (Lipinski definition) is 14. The molecule has 7 rings (SSSR count). The average molecular weight is 534 g/mol.